The molecule has 2 aromatic carbocycles. The number of hydrogen-bond donors (Lipinski definition) is 0. The van der Waals surface area contributed by atoms with E-state index in [4.69, 9.17) is 4.74 Å². The zero-order valence-corrected chi connectivity index (χ0v) is 14.1. The molecule has 0 N–H and O–H groups in total. The molecule has 4 rings (SSSR count). The molecule has 0 radical (unpaired) electrons. The van der Waals surface area contributed by atoms with Gasteiger partial charge in [-0.15, -0.1) is 0 Å². The topological polar surface area (TPSA) is 42.4 Å². The minimum Gasteiger partial charge on any atom is -0.487 e. The van der Waals surface area contributed by atoms with E-state index in [-0.39, 0.29) is 11.7 Å². The number of ether oxygens (including phenoxy) is 1. The molecule has 1 aliphatic rings. The maximum atomic E-state index is 13.1. The molecule has 0 unspecified atom stereocenters. The van der Waals surface area contributed by atoms with Crippen molar-refractivity contribution >= 4 is 11.6 Å². The molecule has 130 valence electrons. The number of rotatable bonds is 4. The molecule has 0 bridgehead atoms. The molecule has 0 fully saturated rings. The van der Waals surface area contributed by atoms with E-state index >= 15 is 0 Å². The molecule has 26 heavy (non-hydrogen) atoms. The average molecular weight is 348 g/mol. The SMILES string of the molecule is O=C1c2cc(OCc3ccccc3)cnc2CCN1c1ccc(F)cc1. The summed E-state index contributed by atoms with van der Waals surface area (Å²) in [7, 11) is 0. The lowest BCUT2D eigenvalue weighted by Gasteiger charge is -2.28. The predicted molar refractivity (Wildman–Crippen MR) is 96.8 cm³/mol. The second-order valence-corrected chi connectivity index (χ2v) is 6.12. The van der Waals surface area contributed by atoms with E-state index in [0.29, 0.717) is 36.6 Å². The highest BCUT2D eigenvalue weighted by Gasteiger charge is 2.27. The van der Waals surface area contributed by atoms with Crippen molar-refractivity contribution < 1.29 is 13.9 Å². The molecular formula is C21H17FN2O2. The summed E-state index contributed by atoms with van der Waals surface area (Å²) in [6, 6.07) is 17.5. The van der Waals surface area contributed by atoms with Gasteiger partial charge in [0.2, 0.25) is 0 Å². The first kappa shape index (κ1) is 16.3. The average Bonchev–Trinajstić information content (AvgIpc) is 2.69. The summed E-state index contributed by atoms with van der Waals surface area (Å²) in [4.78, 5) is 18.9. The molecule has 2 heterocycles. The van der Waals surface area contributed by atoms with Crippen molar-refractivity contribution in [2.75, 3.05) is 11.4 Å². The minimum absolute atomic E-state index is 0.143. The molecule has 3 aromatic rings. The summed E-state index contributed by atoms with van der Waals surface area (Å²) in [5, 5.41) is 0. The van der Waals surface area contributed by atoms with Crippen LogP contribution in [-0.4, -0.2) is 17.4 Å². The van der Waals surface area contributed by atoms with Gasteiger partial charge in [-0.1, -0.05) is 30.3 Å². The lowest BCUT2D eigenvalue weighted by molar-refractivity contribution is 0.0979. The Kier molecular flexibility index (Phi) is 4.35. The first-order valence-electron chi connectivity index (χ1n) is 8.44. The Balaban J connectivity index is 1.55. The van der Waals surface area contributed by atoms with Crippen LogP contribution in [0, 0.1) is 5.82 Å². The smallest absolute Gasteiger partial charge is 0.260 e. The molecule has 0 atom stereocenters. The molecule has 5 heteroatoms. The second kappa shape index (κ2) is 6.96. The first-order valence-corrected chi connectivity index (χ1v) is 8.44. The van der Waals surface area contributed by atoms with Gasteiger partial charge < -0.3 is 9.64 Å². The van der Waals surface area contributed by atoms with E-state index in [2.05, 4.69) is 4.98 Å². The number of fused-ring (bicyclic) bond motifs is 1. The van der Waals surface area contributed by atoms with Crippen LogP contribution in [0.2, 0.25) is 0 Å². The van der Waals surface area contributed by atoms with E-state index < -0.39 is 0 Å². The van der Waals surface area contributed by atoms with Crippen molar-refractivity contribution in [3.8, 4) is 5.75 Å². The maximum absolute atomic E-state index is 13.1. The van der Waals surface area contributed by atoms with E-state index in [1.54, 1.807) is 29.3 Å². The normalized spacial score (nSPS) is 13.4. The lowest BCUT2D eigenvalue weighted by Crippen LogP contribution is -2.38. The Bertz CT molecular complexity index is 927. The van der Waals surface area contributed by atoms with Crippen molar-refractivity contribution in [3.05, 3.63) is 89.5 Å². The van der Waals surface area contributed by atoms with Crippen molar-refractivity contribution in [2.45, 2.75) is 13.0 Å². The maximum Gasteiger partial charge on any atom is 0.260 e. The standard InChI is InChI=1S/C21H17FN2O2/c22-16-6-8-17(9-7-16)24-11-10-20-19(21(24)25)12-18(13-23-20)26-14-15-4-2-1-3-5-15/h1-9,12-13H,10-11,14H2. The molecular weight excluding hydrogens is 331 g/mol. The molecule has 0 saturated carbocycles. The molecule has 4 nitrogen and oxygen atoms in total. The van der Waals surface area contributed by atoms with Crippen LogP contribution in [0.15, 0.2) is 66.9 Å². The molecule has 0 saturated heterocycles. The number of carbonyl (C=O) groups is 1. The van der Waals surface area contributed by atoms with Gasteiger partial charge in [0.05, 0.1) is 17.5 Å². The van der Waals surface area contributed by atoms with Gasteiger partial charge in [0, 0.05) is 18.7 Å². The van der Waals surface area contributed by atoms with Crippen molar-refractivity contribution in [1.82, 2.24) is 4.98 Å². The van der Waals surface area contributed by atoms with E-state index in [1.165, 1.54) is 12.1 Å². The zero-order valence-electron chi connectivity index (χ0n) is 14.1. The van der Waals surface area contributed by atoms with Crippen LogP contribution >= 0.6 is 0 Å². The fraction of sp³-hybridized carbons (Fsp3) is 0.143. The van der Waals surface area contributed by atoms with Gasteiger partial charge in [-0.3, -0.25) is 9.78 Å². The Hall–Kier alpha value is -3.21. The van der Waals surface area contributed by atoms with Gasteiger partial charge in [0.1, 0.15) is 18.2 Å². The Morgan fingerprint density at radius 2 is 1.85 bits per heavy atom. The number of hydrogen-bond acceptors (Lipinski definition) is 3. The summed E-state index contributed by atoms with van der Waals surface area (Å²) < 4.78 is 18.9. The Morgan fingerprint density at radius 1 is 1.08 bits per heavy atom. The monoisotopic (exact) mass is 348 g/mol. The number of nitrogens with zero attached hydrogens (tertiary/aromatic N) is 2. The third-order valence-electron chi connectivity index (χ3n) is 4.38. The van der Waals surface area contributed by atoms with Crippen LogP contribution in [0.25, 0.3) is 0 Å². The number of pyridine rings is 1. The van der Waals surface area contributed by atoms with Crippen molar-refractivity contribution in [1.29, 1.82) is 0 Å². The highest BCUT2D eigenvalue weighted by atomic mass is 19.1. The number of aromatic nitrogens is 1. The summed E-state index contributed by atoms with van der Waals surface area (Å²) in [6.07, 6.45) is 2.31. The van der Waals surface area contributed by atoms with Gasteiger partial charge in [-0.2, -0.15) is 0 Å². The highest BCUT2D eigenvalue weighted by Crippen LogP contribution is 2.26. The van der Waals surface area contributed by atoms with E-state index in [0.717, 1.165) is 11.3 Å². The van der Waals surface area contributed by atoms with Crippen LogP contribution in [0.5, 0.6) is 5.75 Å². The quantitative estimate of drug-likeness (QED) is 0.716. The van der Waals surface area contributed by atoms with E-state index in [9.17, 15) is 9.18 Å². The van der Waals surface area contributed by atoms with Gasteiger partial charge in [-0.25, -0.2) is 4.39 Å². The largest absolute Gasteiger partial charge is 0.487 e. The fourth-order valence-electron chi connectivity index (χ4n) is 3.01. The summed E-state index contributed by atoms with van der Waals surface area (Å²) in [5.41, 5.74) is 3.02. The zero-order chi connectivity index (χ0) is 17.9. The molecule has 1 aliphatic heterocycles. The van der Waals surface area contributed by atoms with Gasteiger partial charge in [0.15, 0.2) is 0 Å². The van der Waals surface area contributed by atoms with Crippen LogP contribution in [0.1, 0.15) is 21.6 Å². The van der Waals surface area contributed by atoms with Crippen LogP contribution in [0.3, 0.4) is 0 Å². The Labute approximate surface area is 150 Å². The summed E-state index contributed by atoms with van der Waals surface area (Å²) in [6.45, 7) is 0.936. The minimum atomic E-state index is -0.322. The van der Waals surface area contributed by atoms with Crippen LogP contribution in [0.4, 0.5) is 10.1 Å². The van der Waals surface area contributed by atoms with Crippen molar-refractivity contribution in [3.63, 3.8) is 0 Å². The number of halogens is 1. The van der Waals surface area contributed by atoms with E-state index in [1.807, 2.05) is 30.3 Å². The fourth-order valence-corrected chi connectivity index (χ4v) is 3.01. The number of carbonyl (C=O) groups excluding carboxylic acids is 1. The molecule has 1 aromatic heterocycles. The molecule has 1 amide bonds. The van der Waals surface area contributed by atoms with Crippen LogP contribution < -0.4 is 9.64 Å². The van der Waals surface area contributed by atoms with Gasteiger partial charge in [-0.05, 0) is 35.9 Å². The third-order valence-corrected chi connectivity index (χ3v) is 4.38. The summed E-state index contributed by atoms with van der Waals surface area (Å²) in [5.74, 6) is 0.0919. The lowest BCUT2D eigenvalue weighted by atomic mass is 10.0. The molecule has 0 spiro atoms. The number of benzene rings is 2. The molecule has 0 aliphatic carbocycles. The van der Waals surface area contributed by atoms with Gasteiger partial charge >= 0.3 is 0 Å². The number of anilines is 1. The first-order chi connectivity index (χ1) is 12.7. The predicted octanol–water partition coefficient (Wildman–Crippen LogP) is 4.00. The number of amides is 1. The van der Waals surface area contributed by atoms with Crippen LogP contribution in [-0.2, 0) is 13.0 Å². The Morgan fingerprint density at radius 3 is 2.62 bits per heavy atom. The second-order valence-electron chi connectivity index (χ2n) is 6.12. The summed E-state index contributed by atoms with van der Waals surface area (Å²) >= 11 is 0. The third kappa shape index (κ3) is 3.28. The van der Waals surface area contributed by atoms with Gasteiger partial charge in [0.25, 0.3) is 5.91 Å². The highest BCUT2D eigenvalue weighted by molar-refractivity contribution is 6.08. The van der Waals surface area contributed by atoms with Crippen molar-refractivity contribution in [2.24, 2.45) is 0 Å².